The average Bonchev–Trinajstić information content (AvgIpc) is 3.22. The van der Waals surface area contributed by atoms with E-state index in [-0.39, 0.29) is 31.1 Å². The van der Waals surface area contributed by atoms with E-state index >= 15 is 0 Å². The number of rotatable bonds is 43. The van der Waals surface area contributed by atoms with E-state index in [0.717, 1.165) is 77.0 Å². The number of hydrogen-bond donors (Lipinski definition) is 0. The highest BCUT2D eigenvalue weighted by Crippen LogP contribution is 2.14. The first-order valence-corrected chi connectivity index (χ1v) is 24.3. The molecule has 0 aliphatic carbocycles. The molecule has 0 heterocycles. The van der Waals surface area contributed by atoms with Crippen LogP contribution in [0.1, 0.15) is 233 Å². The zero-order valence-electron chi connectivity index (χ0n) is 38.0. The van der Waals surface area contributed by atoms with Crippen molar-refractivity contribution in [2.24, 2.45) is 0 Å². The SMILES string of the molecule is CCCCC\C=C/C=C\C=C/C=C\CCCCCCCC(=O)OCC(COC(=O)CCC/C=C\CCCCCC)OC(=O)CCCCCCCCCCCCCCC. The second-order valence-electron chi connectivity index (χ2n) is 16.1. The van der Waals surface area contributed by atoms with Gasteiger partial charge in [-0.2, -0.15) is 0 Å². The van der Waals surface area contributed by atoms with Crippen LogP contribution in [0.2, 0.25) is 0 Å². The Kier molecular flexibility index (Phi) is 44.5. The topological polar surface area (TPSA) is 78.9 Å². The lowest BCUT2D eigenvalue weighted by molar-refractivity contribution is -0.167. The number of allylic oxidation sites excluding steroid dienone is 10. The normalized spacial score (nSPS) is 12.5. The summed E-state index contributed by atoms with van der Waals surface area (Å²) in [4.78, 5) is 37.8. The quantitative estimate of drug-likeness (QED) is 0.0201. The van der Waals surface area contributed by atoms with Crippen LogP contribution >= 0.6 is 0 Å². The van der Waals surface area contributed by atoms with E-state index in [2.05, 4.69) is 81.5 Å². The maximum Gasteiger partial charge on any atom is 0.306 e. The highest BCUT2D eigenvalue weighted by atomic mass is 16.6. The second-order valence-corrected chi connectivity index (χ2v) is 16.1. The Morgan fingerprint density at radius 2 is 0.655 bits per heavy atom. The van der Waals surface area contributed by atoms with Gasteiger partial charge in [-0.1, -0.05) is 210 Å². The molecule has 0 aromatic heterocycles. The van der Waals surface area contributed by atoms with Crippen LogP contribution in [-0.4, -0.2) is 37.2 Å². The Morgan fingerprint density at radius 3 is 1.14 bits per heavy atom. The van der Waals surface area contributed by atoms with E-state index in [0.29, 0.717) is 25.7 Å². The van der Waals surface area contributed by atoms with Crippen LogP contribution in [0.4, 0.5) is 0 Å². The molecule has 6 nitrogen and oxygen atoms in total. The van der Waals surface area contributed by atoms with Gasteiger partial charge in [0.1, 0.15) is 13.2 Å². The lowest BCUT2D eigenvalue weighted by atomic mass is 10.0. The predicted octanol–water partition coefficient (Wildman–Crippen LogP) is 15.7. The van der Waals surface area contributed by atoms with Crippen molar-refractivity contribution >= 4 is 17.9 Å². The van der Waals surface area contributed by atoms with E-state index < -0.39 is 6.10 Å². The summed E-state index contributed by atoms with van der Waals surface area (Å²) in [5.74, 6) is -0.949. The van der Waals surface area contributed by atoms with Crippen molar-refractivity contribution < 1.29 is 28.6 Å². The third-order valence-corrected chi connectivity index (χ3v) is 10.3. The minimum atomic E-state index is -0.790. The molecule has 0 rings (SSSR count). The molecule has 0 aromatic rings. The molecule has 0 amide bonds. The summed E-state index contributed by atoms with van der Waals surface area (Å²) in [6, 6.07) is 0. The summed E-state index contributed by atoms with van der Waals surface area (Å²) in [5.41, 5.74) is 0. The Bertz CT molecular complexity index is 1070. The zero-order chi connectivity index (χ0) is 42.3. The van der Waals surface area contributed by atoms with Gasteiger partial charge in [-0.3, -0.25) is 14.4 Å². The molecule has 0 saturated heterocycles. The van der Waals surface area contributed by atoms with Crippen molar-refractivity contribution in [2.45, 2.75) is 239 Å². The highest BCUT2D eigenvalue weighted by Gasteiger charge is 2.19. The Balaban J connectivity index is 4.40. The van der Waals surface area contributed by atoms with Crippen LogP contribution in [0, 0.1) is 0 Å². The van der Waals surface area contributed by atoms with Gasteiger partial charge in [0.2, 0.25) is 0 Å². The van der Waals surface area contributed by atoms with Crippen molar-refractivity contribution in [3.8, 4) is 0 Å². The van der Waals surface area contributed by atoms with Crippen LogP contribution in [0.5, 0.6) is 0 Å². The van der Waals surface area contributed by atoms with Gasteiger partial charge < -0.3 is 14.2 Å². The molecule has 0 N–H and O–H groups in total. The van der Waals surface area contributed by atoms with Crippen LogP contribution in [0.15, 0.2) is 60.8 Å². The van der Waals surface area contributed by atoms with E-state index in [1.54, 1.807) is 0 Å². The number of unbranched alkanes of at least 4 members (excludes halogenated alkanes) is 25. The Labute approximate surface area is 358 Å². The van der Waals surface area contributed by atoms with E-state index in [1.165, 1.54) is 109 Å². The lowest BCUT2D eigenvalue weighted by Crippen LogP contribution is -2.30. The third-order valence-electron chi connectivity index (χ3n) is 10.3. The van der Waals surface area contributed by atoms with Gasteiger partial charge >= 0.3 is 17.9 Å². The van der Waals surface area contributed by atoms with Crippen LogP contribution in [0.25, 0.3) is 0 Å². The first-order chi connectivity index (χ1) is 28.5. The van der Waals surface area contributed by atoms with Gasteiger partial charge in [-0.15, -0.1) is 0 Å². The number of carbonyl (C=O) groups is 3. The van der Waals surface area contributed by atoms with Crippen molar-refractivity contribution in [3.63, 3.8) is 0 Å². The van der Waals surface area contributed by atoms with Gasteiger partial charge in [0.25, 0.3) is 0 Å². The molecule has 0 spiro atoms. The third kappa shape index (κ3) is 44.2. The molecule has 0 aliphatic rings. The van der Waals surface area contributed by atoms with Crippen LogP contribution in [0.3, 0.4) is 0 Å². The van der Waals surface area contributed by atoms with Crippen molar-refractivity contribution in [1.82, 2.24) is 0 Å². The van der Waals surface area contributed by atoms with Crippen molar-refractivity contribution in [3.05, 3.63) is 60.8 Å². The molecule has 0 aromatic carbocycles. The van der Waals surface area contributed by atoms with Crippen LogP contribution in [-0.2, 0) is 28.6 Å². The molecule has 0 radical (unpaired) electrons. The minimum Gasteiger partial charge on any atom is -0.462 e. The summed E-state index contributed by atoms with van der Waals surface area (Å²) >= 11 is 0. The van der Waals surface area contributed by atoms with E-state index in [1.807, 2.05) is 0 Å². The number of hydrogen-bond acceptors (Lipinski definition) is 6. The highest BCUT2D eigenvalue weighted by molar-refractivity contribution is 5.71. The summed E-state index contributed by atoms with van der Waals surface area (Å²) < 4.78 is 16.7. The average molecular weight is 811 g/mol. The predicted molar refractivity (Wildman–Crippen MR) is 247 cm³/mol. The fourth-order valence-corrected chi connectivity index (χ4v) is 6.63. The van der Waals surface area contributed by atoms with Crippen LogP contribution < -0.4 is 0 Å². The first-order valence-electron chi connectivity index (χ1n) is 24.3. The standard InChI is InChI=1S/C52H90O6/c1-4-7-10-13-16-19-21-23-24-25-26-27-29-30-33-36-39-42-45-51(54)57-48-49(47-56-50(53)44-41-38-35-32-18-15-12-9-6-3)58-52(55)46-43-40-37-34-31-28-22-20-17-14-11-8-5-2/h16,19,21,23-27,32,35,49H,4-15,17-18,20,22,28-31,33-34,36-48H2,1-3H3/b19-16-,23-21-,25-24-,27-26-,35-32-. The molecular weight excluding hydrogens is 721 g/mol. The molecular formula is C52H90O6. The molecule has 0 aliphatic heterocycles. The molecule has 6 heteroatoms. The van der Waals surface area contributed by atoms with E-state index in [9.17, 15) is 14.4 Å². The Morgan fingerprint density at radius 1 is 0.345 bits per heavy atom. The van der Waals surface area contributed by atoms with Gasteiger partial charge in [0, 0.05) is 19.3 Å². The summed E-state index contributed by atoms with van der Waals surface area (Å²) in [7, 11) is 0. The molecule has 58 heavy (non-hydrogen) atoms. The number of esters is 3. The fourth-order valence-electron chi connectivity index (χ4n) is 6.63. The van der Waals surface area contributed by atoms with Gasteiger partial charge in [-0.05, 0) is 64.2 Å². The molecule has 0 bridgehead atoms. The number of carbonyl (C=O) groups excluding carboxylic acids is 3. The van der Waals surface area contributed by atoms with Gasteiger partial charge in [-0.25, -0.2) is 0 Å². The lowest BCUT2D eigenvalue weighted by Gasteiger charge is -2.18. The number of ether oxygens (including phenoxy) is 3. The molecule has 1 unspecified atom stereocenters. The van der Waals surface area contributed by atoms with Gasteiger partial charge in [0.05, 0.1) is 0 Å². The minimum absolute atomic E-state index is 0.0937. The monoisotopic (exact) mass is 811 g/mol. The Hall–Kier alpha value is -2.89. The fraction of sp³-hybridized carbons (Fsp3) is 0.750. The second kappa shape index (κ2) is 46.8. The molecule has 1 atom stereocenters. The zero-order valence-corrected chi connectivity index (χ0v) is 38.0. The van der Waals surface area contributed by atoms with Gasteiger partial charge in [0.15, 0.2) is 6.10 Å². The van der Waals surface area contributed by atoms with E-state index in [4.69, 9.17) is 14.2 Å². The smallest absolute Gasteiger partial charge is 0.306 e. The molecule has 0 saturated carbocycles. The van der Waals surface area contributed by atoms with Crippen molar-refractivity contribution in [2.75, 3.05) is 13.2 Å². The summed E-state index contributed by atoms with van der Waals surface area (Å²) in [6.07, 6.45) is 56.3. The maximum absolute atomic E-state index is 12.7. The van der Waals surface area contributed by atoms with Crippen molar-refractivity contribution in [1.29, 1.82) is 0 Å². The largest absolute Gasteiger partial charge is 0.462 e. The maximum atomic E-state index is 12.7. The molecule has 0 fully saturated rings. The first kappa shape index (κ1) is 55.1. The molecule has 334 valence electrons. The summed E-state index contributed by atoms with van der Waals surface area (Å²) in [6.45, 7) is 6.51. The summed E-state index contributed by atoms with van der Waals surface area (Å²) in [5, 5.41) is 0.